The summed E-state index contributed by atoms with van der Waals surface area (Å²) in [7, 11) is 1.77. The van der Waals surface area contributed by atoms with Crippen molar-refractivity contribution >= 4 is 35.2 Å². The number of amides is 2. The molecule has 8 heteroatoms. The first-order chi connectivity index (χ1) is 9.49. The lowest BCUT2D eigenvalue weighted by atomic mass is 10.3. The molecule has 1 aliphatic rings. The van der Waals surface area contributed by atoms with Crippen molar-refractivity contribution in [2.45, 2.75) is 37.9 Å². The van der Waals surface area contributed by atoms with Gasteiger partial charge in [0.15, 0.2) is 5.78 Å². The minimum absolute atomic E-state index is 0. The van der Waals surface area contributed by atoms with Gasteiger partial charge < -0.3 is 12.4 Å². The Balaban J connectivity index is 0.00000400. The molecule has 1 fully saturated rings. The molecule has 0 spiro atoms. The molecular formula is C13H22ClN3O3S. The van der Waals surface area contributed by atoms with Gasteiger partial charge in [-0.25, -0.2) is 0 Å². The van der Waals surface area contributed by atoms with Crippen LogP contribution >= 0.6 is 11.8 Å². The van der Waals surface area contributed by atoms with Crippen molar-refractivity contribution in [3.63, 3.8) is 0 Å². The Morgan fingerprint density at radius 3 is 2.71 bits per heavy atom. The zero-order valence-electron chi connectivity index (χ0n) is 12.4. The summed E-state index contributed by atoms with van der Waals surface area (Å²) >= 11 is 1.47. The first-order valence-corrected chi connectivity index (χ1v) is 7.81. The summed E-state index contributed by atoms with van der Waals surface area (Å²) in [6.45, 7) is 1.65. The van der Waals surface area contributed by atoms with Crippen LogP contribution in [0.15, 0.2) is 0 Å². The lowest BCUT2D eigenvalue weighted by Crippen LogP contribution is -3.00. The van der Waals surface area contributed by atoms with E-state index >= 15 is 0 Å². The van der Waals surface area contributed by atoms with E-state index in [0.717, 1.165) is 29.3 Å². The Labute approximate surface area is 135 Å². The number of imide groups is 1. The van der Waals surface area contributed by atoms with Crippen LogP contribution in [-0.4, -0.2) is 52.9 Å². The van der Waals surface area contributed by atoms with E-state index in [1.54, 1.807) is 14.0 Å². The molecule has 1 saturated heterocycles. The van der Waals surface area contributed by atoms with E-state index in [1.807, 2.05) is 0 Å². The summed E-state index contributed by atoms with van der Waals surface area (Å²) in [5, 5.41) is -0.344. The molecule has 6 nitrogen and oxygen atoms in total. The highest BCUT2D eigenvalue weighted by atomic mass is 35.5. The van der Waals surface area contributed by atoms with E-state index in [0.29, 0.717) is 6.42 Å². The van der Waals surface area contributed by atoms with Crippen LogP contribution in [0, 0.1) is 0 Å². The second-order valence-electron chi connectivity index (χ2n) is 4.65. The first-order valence-electron chi connectivity index (χ1n) is 6.76. The number of thioether (sulfide) groups is 1. The average Bonchev–Trinajstić information content (AvgIpc) is 2.70. The fraction of sp³-hybridized carbons (Fsp3) is 0.692. The molecule has 0 radical (unpaired) electrons. The molecule has 1 aliphatic heterocycles. The quantitative estimate of drug-likeness (QED) is 0.202. The number of rotatable bonds is 8. The van der Waals surface area contributed by atoms with Gasteiger partial charge in [-0.3, -0.25) is 30.0 Å². The second-order valence-corrected chi connectivity index (χ2v) is 5.96. The van der Waals surface area contributed by atoms with E-state index in [-0.39, 0.29) is 48.2 Å². The molecule has 1 atom stereocenters. The van der Waals surface area contributed by atoms with Crippen LogP contribution < -0.4 is 23.1 Å². The van der Waals surface area contributed by atoms with Crippen LogP contribution in [0.5, 0.6) is 0 Å². The number of hydrogen-bond donors (Lipinski definition) is 2. The van der Waals surface area contributed by atoms with E-state index in [2.05, 4.69) is 4.99 Å². The summed E-state index contributed by atoms with van der Waals surface area (Å²) in [5.41, 5.74) is 5.64. The standard InChI is InChI=1S/C13H21N3O3S.ClH/c1-3-9(17)8-16-12(18)7-10(13(16)19)20-6-4-5-11(14)15-2;/h10H,3-8H2,1-2H3,(H2,14,15);1H. The molecule has 120 valence electrons. The minimum Gasteiger partial charge on any atom is -1.00 e. The van der Waals surface area contributed by atoms with E-state index in [4.69, 9.17) is 5.73 Å². The summed E-state index contributed by atoms with van der Waals surface area (Å²) in [6.07, 6.45) is 2.14. The van der Waals surface area contributed by atoms with Crippen LogP contribution in [0.2, 0.25) is 0 Å². The second kappa shape index (κ2) is 9.78. The van der Waals surface area contributed by atoms with Gasteiger partial charge in [0.05, 0.1) is 18.8 Å². The number of likely N-dealkylation sites (tertiary alicyclic amines) is 1. The van der Waals surface area contributed by atoms with Gasteiger partial charge >= 0.3 is 0 Å². The van der Waals surface area contributed by atoms with Crippen molar-refractivity contribution in [1.29, 1.82) is 0 Å². The van der Waals surface area contributed by atoms with Gasteiger partial charge in [0.1, 0.15) is 0 Å². The van der Waals surface area contributed by atoms with Gasteiger partial charge in [-0.1, -0.05) is 6.92 Å². The molecule has 1 heterocycles. The third kappa shape index (κ3) is 6.05. The molecule has 0 aromatic carbocycles. The van der Waals surface area contributed by atoms with Crippen molar-refractivity contribution in [1.82, 2.24) is 4.90 Å². The highest BCUT2D eigenvalue weighted by molar-refractivity contribution is 8.00. The molecule has 0 aromatic heterocycles. The average molecular weight is 336 g/mol. The maximum atomic E-state index is 12.0. The third-order valence-electron chi connectivity index (χ3n) is 3.16. The van der Waals surface area contributed by atoms with Crippen LogP contribution in [-0.2, 0) is 14.4 Å². The molecule has 0 bridgehead atoms. The number of ketones is 1. The summed E-state index contributed by atoms with van der Waals surface area (Å²) in [5.74, 6) is 0.924. The number of halogens is 1. The molecule has 0 saturated carbocycles. The fourth-order valence-corrected chi connectivity index (χ4v) is 2.98. The normalized spacial score (nSPS) is 18.9. The number of amidine groups is 1. The molecule has 21 heavy (non-hydrogen) atoms. The van der Waals surface area contributed by atoms with Crippen LogP contribution in [0.25, 0.3) is 0 Å². The third-order valence-corrected chi connectivity index (χ3v) is 4.46. The Kier molecular flexibility index (Phi) is 9.28. The number of nitrogens with one attached hydrogen (secondary N) is 1. The smallest absolute Gasteiger partial charge is 0.243 e. The number of carbonyl (C=O) groups excluding carboxylic acids is 3. The predicted octanol–water partition coefficient (Wildman–Crippen LogP) is -4.32. The maximum Gasteiger partial charge on any atom is 0.243 e. The number of Topliss-reactive ketones (excluding diaryl/α,β-unsaturated/α-hetero) is 1. The van der Waals surface area contributed by atoms with Crippen LogP contribution in [0.1, 0.15) is 32.6 Å². The Bertz CT molecular complexity index is 429. The Morgan fingerprint density at radius 1 is 1.48 bits per heavy atom. The van der Waals surface area contributed by atoms with Gasteiger partial charge in [0, 0.05) is 19.3 Å². The van der Waals surface area contributed by atoms with E-state index in [9.17, 15) is 14.4 Å². The molecule has 0 aliphatic carbocycles. The van der Waals surface area contributed by atoms with E-state index < -0.39 is 0 Å². The predicted molar refractivity (Wildman–Crippen MR) is 78.2 cm³/mol. The van der Waals surface area contributed by atoms with Crippen LogP contribution in [0.3, 0.4) is 0 Å². The Hall–Kier alpha value is -1.08. The van der Waals surface area contributed by atoms with Gasteiger partial charge in [-0.05, 0) is 12.2 Å². The molecule has 2 amide bonds. The number of nitrogens with zero attached hydrogens (tertiary/aromatic N) is 1. The van der Waals surface area contributed by atoms with Gasteiger partial charge in [-0.15, -0.1) is 11.8 Å². The summed E-state index contributed by atoms with van der Waals surface area (Å²) in [4.78, 5) is 39.1. The zero-order valence-corrected chi connectivity index (χ0v) is 13.9. The topological polar surface area (TPSA) is 94.4 Å². The molecular weight excluding hydrogens is 314 g/mol. The highest BCUT2D eigenvalue weighted by Gasteiger charge is 2.39. The molecule has 1 rings (SSSR count). The largest absolute Gasteiger partial charge is 1.00 e. The monoisotopic (exact) mass is 335 g/mol. The minimum atomic E-state index is -0.344. The van der Waals surface area contributed by atoms with Crippen molar-refractivity contribution in [3.8, 4) is 0 Å². The number of nitrogens with two attached hydrogens (primary N) is 1. The number of carbonyl (C=O) groups is 3. The lowest BCUT2D eigenvalue weighted by molar-refractivity contribution is -0.422. The zero-order chi connectivity index (χ0) is 15.1. The lowest BCUT2D eigenvalue weighted by Gasteiger charge is -2.13. The molecule has 0 aromatic rings. The van der Waals surface area contributed by atoms with Crippen molar-refractivity contribution in [2.24, 2.45) is 5.73 Å². The first kappa shape index (κ1) is 19.9. The molecule has 1 unspecified atom stereocenters. The van der Waals surface area contributed by atoms with Gasteiger partial charge in [-0.2, -0.15) is 0 Å². The summed E-state index contributed by atoms with van der Waals surface area (Å²) in [6, 6.07) is 0. The fourth-order valence-electron chi connectivity index (χ4n) is 1.85. The highest BCUT2D eigenvalue weighted by Crippen LogP contribution is 2.25. The van der Waals surface area contributed by atoms with Crippen molar-refractivity contribution in [2.75, 3.05) is 19.3 Å². The Morgan fingerprint density at radius 2 is 2.14 bits per heavy atom. The maximum absolute atomic E-state index is 12.0. The van der Waals surface area contributed by atoms with Crippen molar-refractivity contribution in [3.05, 3.63) is 0 Å². The van der Waals surface area contributed by atoms with Gasteiger partial charge in [0.25, 0.3) is 0 Å². The SMILES string of the molecule is CCC(=O)CN1C(=O)CC(SCCCC(N)=[NH+]C)C1=O.[Cl-]. The van der Waals surface area contributed by atoms with Crippen LogP contribution in [0.4, 0.5) is 0 Å². The summed E-state index contributed by atoms with van der Waals surface area (Å²) < 4.78 is 0. The molecule has 3 N–H and O–H groups in total. The van der Waals surface area contributed by atoms with E-state index in [1.165, 1.54) is 11.8 Å². The van der Waals surface area contributed by atoms with Gasteiger partial charge in [0.2, 0.25) is 17.6 Å². The number of hydrogen-bond acceptors (Lipinski definition) is 4. The van der Waals surface area contributed by atoms with Crippen molar-refractivity contribution < 1.29 is 31.8 Å².